The van der Waals surface area contributed by atoms with E-state index in [-0.39, 0.29) is 11.3 Å². The number of hydrogen-bond acceptors (Lipinski definition) is 3. The maximum Gasteiger partial charge on any atom is 0.255 e. The molecule has 0 aromatic heterocycles. The Morgan fingerprint density at radius 3 is 2.54 bits per heavy atom. The summed E-state index contributed by atoms with van der Waals surface area (Å²) in [6, 6.07) is 15.8. The lowest BCUT2D eigenvalue weighted by Crippen LogP contribution is -2.37. The molecule has 0 spiro atoms. The predicted octanol–water partition coefficient (Wildman–Crippen LogP) is 3.64. The molecule has 0 aliphatic carbocycles. The molecule has 140 valence electrons. The van der Waals surface area contributed by atoms with Crippen LogP contribution in [0.2, 0.25) is 0 Å². The van der Waals surface area contributed by atoms with Crippen LogP contribution >= 0.6 is 0 Å². The highest BCUT2D eigenvalue weighted by molar-refractivity contribution is 5.96. The van der Waals surface area contributed by atoms with Gasteiger partial charge in [0.1, 0.15) is 12.4 Å². The first-order chi connectivity index (χ1) is 12.3. The third kappa shape index (κ3) is 5.60. The third-order valence-electron chi connectivity index (χ3n) is 4.42. The second-order valence-electron chi connectivity index (χ2n) is 7.58. The normalized spacial score (nSPS) is 11.5. The maximum absolute atomic E-state index is 12.7. The molecular weight excluding hydrogens is 324 g/mol. The van der Waals surface area contributed by atoms with Crippen LogP contribution in [0.4, 0.5) is 0 Å². The molecule has 0 aliphatic rings. The number of carbonyl (C=O) groups is 1. The largest absolute Gasteiger partial charge is 0.491 e. The smallest absolute Gasteiger partial charge is 0.255 e. The van der Waals surface area contributed by atoms with Gasteiger partial charge in [-0.25, -0.2) is 0 Å². The third-order valence-corrected chi connectivity index (χ3v) is 4.42. The molecule has 2 rings (SSSR count). The van der Waals surface area contributed by atoms with Gasteiger partial charge in [-0.1, -0.05) is 55.8 Å². The number of nitrogens with one attached hydrogen (secondary N) is 1. The fourth-order valence-corrected chi connectivity index (χ4v) is 2.68. The number of likely N-dealkylation sites (N-methyl/N-ethyl adjacent to an activating group) is 1. The first-order valence-corrected chi connectivity index (χ1v) is 9.01. The molecule has 4 nitrogen and oxygen atoms in total. The summed E-state index contributed by atoms with van der Waals surface area (Å²) in [6.45, 7) is 8.27. The number of benzene rings is 2. The van der Waals surface area contributed by atoms with Crippen LogP contribution in [0.25, 0.3) is 0 Å². The molecule has 0 fully saturated rings. The van der Waals surface area contributed by atoms with E-state index >= 15 is 0 Å². The van der Waals surface area contributed by atoms with Crippen LogP contribution < -0.4 is 10.1 Å². The highest BCUT2D eigenvalue weighted by Gasteiger charge is 2.22. The van der Waals surface area contributed by atoms with E-state index in [0.717, 1.165) is 6.54 Å². The van der Waals surface area contributed by atoms with Crippen molar-refractivity contribution >= 4 is 5.91 Å². The average molecular weight is 354 g/mol. The lowest BCUT2D eigenvalue weighted by molar-refractivity contribution is 0.0941. The Hall–Kier alpha value is -2.33. The van der Waals surface area contributed by atoms with E-state index in [0.29, 0.717) is 24.5 Å². The summed E-state index contributed by atoms with van der Waals surface area (Å²) in [7, 11) is 3.99. The number of amides is 1. The summed E-state index contributed by atoms with van der Waals surface area (Å²) < 4.78 is 5.80. The molecule has 2 aromatic rings. The van der Waals surface area contributed by atoms with E-state index in [2.05, 4.69) is 50.4 Å². The van der Waals surface area contributed by atoms with Crippen LogP contribution in [0.15, 0.2) is 48.5 Å². The van der Waals surface area contributed by atoms with Gasteiger partial charge in [0.2, 0.25) is 0 Å². The summed E-state index contributed by atoms with van der Waals surface area (Å²) in [5.74, 6) is 0.520. The lowest BCUT2D eigenvalue weighted by Gasteiger charge is -2.26. The number of nitrogens with zero attached hydrogens (tertiary/aromatic N) is 1. The van der Waals surface area contributed by atoms with Gasteiger partial charge in [-0.15, -0.1) is 0 Å². The van der Waals surface area contributed by atoms with Crippen molar-refractivity contribution in [2.45, 2.75) is 26.2 Å². The van der Waals surface area contributed by atoms with Gasteiger partial charge in [0.05, 0.1) is 5.56 Å². The summed E-state index contributed by atoms with van der Waals surface area (Å²) in [4.78, 5) is 14.8. The van der Waals surface area contributed by atoms with Crippen molar-refractivity contribution in [2.75, 3.05) is 33.8 Å². The van der Waals surface area contributed by atoms with E-state index in [1.807, 2.05) is 37.2 Å². The van der Waals surface area contributed by atoms with Crippen LogP contribution in [0.5, 0.6) is 5.75 Å². The van der Waals surface area contributed by atoms with Crippen LogP contribution in [0.1, 0.15) is 35.3 Å². The van der Waals surface area contributed by atoms with Gasteiger partial charge in [-0.05, 0) is 38.7 Å². The van der Waals surface area contributed by atoms with Crippen molar-refractivity contribution in [3.63, 3.8) is 0 Å². The van der Waals surface area contributed by atoms with Gasteiger partial charge in [-0.3, -0.25) is 4.79 Å². The first-order valence-electron chi connectivity index (χ1n) is 9.01. The molecule has 0 aliphatic heterocycles. The zero-order chi connectivity index (χ0) is 19.2. The van der Waals surface area contributed by atoms with E-state index in [1.54, 1.807) is 6.07 Å². The SMILES string of the molecule is Cc1cccc(C(C)(C)CNC(=O)c2ccccc2OCCN(C)C)c1. The molecular formula is C22H30N2O2. The lowest BCUT2D eigenvalue weighted by atomic mass is 9.84. The Balaban J connectivity index is 2.03. The van der Waals surface area contributed by atoms with Gasteiger partial charge in [0, 0.05) is 18.5 Å². The van der Waals surface area contributed by atoms with Crippen LogP contribution in [-0.2, 0) is 5.41 Å². The van der Waals surface area contributed by atoms with Gasteiger partial charge in [-0.2, -0.15) is 0 Å². The van der Waals surface area contributed by atoms with Crippen molar-refractivity contribution < 1.29 is 9.53 Å². The minimum atomic E-state index is -0.150. The Morgan fingerprint density at radius 1 is 1.12 bits per heavy atom. The standard InChI is InChI=1S/C22H30N2O2/c1-17-9-8-10-18(15-17)22(2,3)16-23-21(25)19-11-6-7-12-20(19)26-14-13-24(4)5/h6-12,15H,13-14,16H2,1-5H3,(H,23,25). The zero-order valence-corrected chi connectivity index (χ0v) is 16.5. The van der Waals surface area contributed by atoms with E-state index in [9.17, 15) is 4.79 Å². The summed E-state index contributed by atoms with van der Waals surface area (Å²) in [5, 5.41) is 3.07. The minimum Gasteiger partial charge on any atom is -0.491 e. The van der Waals surface area contributed by atoms with Crippen LogP contribution in [-0.4, -0.2) is 44.6 Å². The second kappa shape index (κ2) is 8.86. The van der Waals surface area contributed by atoms with Crippen molar-refractivity contribution in [3.8, 4) is 5.75 Å². The van der Waals surface area contributed by atoms with Crippen molar-refractivity contribution in [3.05, 3.63) is 65.2 Å². The van der Waals surface area contributed by atoms with Gasteiger partial charge in [0.25, 0.3) is 5.91 Å². The number of rotatable bonds is 8. The molecule has 2 aromatic carbocycles. The Kier molecular flexibility index (Phi) is 6.81. The number of para-hydroxylation sites is 1. The first kappa shape index (κ1) is 20.0. The molecule has 0 atom stereocenters. The molecule has 1 N–H and O–H groups in total. The van der Waals surface area contributed by atoms with Crippen molar-refractivity contribution in [1.29, 1.82) is 0 Å². The Bertz CT molecular complexity index is 738. The topological polar surface area (TPSA) is 41.6 Å². The molecule has 0 saturated carbocycles. The quantitative estimate of drug-likeness (QED) is 0.787. The fraction of sp³-hybridized carbons (Fsp3) is 0.409. The average Bonchev–Trinajstić information content (AvgIpc) is 2.60. The maximum atomic E-state index is 12.7. The summed E-state index contributed by atoms with van der Waals surface area (Å²) >= 11 is 0. The highest BCUT2D eigenvalue weighted by atomic mass is 16.5. The van der Waals surface area contributed by atoms with Crippen LogP contribution in [0, 0.1) is 6.92 Å². The highest BCUT2D eigenvalue weighted by Crippen LogP contribution is 2.24. The molecule has 1 amide bonds. The molecule has 4 heteroatoms. The zero-order valence-electron chi connectivity index (χ0n) is 16.5. The Morgan fingerprint density at radius 2 is 1.85 bits per heavy atom. The Labute approximate surface area is 157 Å². The monoisotopic (exact) mass is 354 g/mol. The van der Waals surface area contributed by atoms with E-state index in [1.165, 1.54) is 11.1 Å². The number of ether oxygens (including phenoxy) is 1. The van der Waals surface area contributed by atoms with E-state index < -0.39 is 0 Å². The van der Waals surface area contributed by atoms with Crippen molar-refractivity contribution in [1.82, 2.24) is 10.2 Å². The molecule has 0 radical (unpaired) electrons. The van der Waals surface area contributed by atoms with Gasteiger partial charge >= 0.3 is 0 Å². The van der Waals surface area contributed by atoms with Crippen LogP contribution in [0.3, 0.4) is 0 Å². The summed E-state index contributed by atoms with van der Waals surface area (Å²) in [5.41, 5.74) is 2.86. The number of aryl methyl sites for hydroxylation is 1. The summed E-state index contributed by atoms with van der Waals surface area (Å²) in [6.07, 6.45) is 0. The van der Waals surface area contributed by atoms with Gasteiger partial charge < -0.3 is 15.0 Å². The minimum absolute atomic E-state index is 0.105. The molecule has 0 saturated heterocycles. The molecule has 0 unspecified atom stereocenters. The number of hydrogen-bond donors (Lipinski definition) is 1. The molecule has 0 heterocycles. The fourth-order valence-electron chi connectivity index (χ4n) is 2.68. The molecule has 26 heavy (non-hydrogen) atoms. The second-order valence-corrected chi connectivity index (χ2v) is 7.58. The molecule has 0 bridgehead atoms. The van der Waals surface area contributed by atoms with E-state index in [4.69, 9.17) is 4.74 Å². The van der Waals surface area contributed by atoms with Crippen molar-refractivity contribution in [2.24, 2.45) is 0 Å². The number of carbonyl (C=O) groups excluding carboxylic acids is 1. The van der Waals surface area contributed by atoms with Gasteiger partial charge in [0.15, 0.2) is 0 Å². The predicted molar refractivity (Wildman–Crippen MR) is 107 cm³/mol.